The molecule has 0 saturated heterocycles. The molecule has 0 aromatic carbocycles. The number of rotatable bonds is 5. The van der Waals surface area contributed by atoms with E-state index >= 15 is 0 Å². The fourth-order valence-corrected chi connectivity index (χ4v) is 0.981. The van der Waals surface area contributed by atoms with Gasteiger partial charge in [-0.1, -0.05) is 26.7 Å². The molecule has 0 fully saturated rings. The lowest BCUT2D eigenvalue weighted by atomic mass is 10.0. The molecule has 1 heteroatoms. The summed E-state index contributed by atoms with van der Waals surface area (Å²) in [6, 6.07) is 0. The van der Waals surface area contributed by atoms with Crippen LogP contribution in [-0.2, 0) is 4.74 Å². The maximum absolute atomic E-state index is 4.98. The highest BCUT2D eigenvalue weighted by molar-refractivity contribution is 4.52. The van der Waals surface area contributed by atoms with E-state index in [0.717, 1.165) is 12.5 Å². The molecule has 0 radical (unpaired) electrons. The Morgan fingerprint density at radius 3 is 2.11 bits per heavy atom. The molecule has 0 rings (SSSR count). The van der Waals surface area contributed by atoms with Gasteiger partial charge in [0.1, 0.15) is 0 Å². The minimum Gasteiger partial charge on any atom is -0.385 e. The first-order valence-corrected chi connectivity index (χ1v) is 3.84. The fourth-order valence-electron chi connectivity index (χ4n) is 0.981. The van der Waals surface area contributed by atoms with Crippen molar-refractivity contribution in [3.05, 3.63) is 0 Å². The molecule has 56 valence electrons. The van der Waals surface area contributed by atoms with E-state index in [-0.39, 0.29) is 0 Å². The zero-order chi connectivity index (χ0) is 7.11. The van der Waals surface area contributed by atoms with Crippen molar-refractivity contribution in [3.8, 4) is 0 Å². The summed E-state index contributed by atoms with van der Waals surface area (Å²) in [7, 11) is 1.77. The lowest BCUT2D eigenvalue weighted by Crippen LogP contribution is -2.00. The van der Waals surface area contributed by atoms with Crippen LogP contribution in [0.15, 0.2) is 0 Å². The molecule has 0 atom stereocenters. The quantitative estimate of drug-likeness (QED) is 0.555. The SMILES string of the molecule is CCC(CC)CCOC. The summed E-state index contributed by atoms with van der Waals surface area (Å²) in [5.74, 6) is 0.880. The summed E-state index contributed by atoms with van der Waals surface area (Å²) in [5.41, 5.74) is 0. The molecule has 0 saturated carbocycles. The van der Waals surface area contributed by atoms with E-state index in [2.05, 4.69) is 13.8 Å². The second-order valence-electron chi connectivity index (χ2n) is 2.46. The maximum Gasteiger partial charge on any atom is 0.0464 e. The van der Waals surface area contributed by atoms with Gasteiger partial charge >= 0.3 is 0 Å². The van der Waals surface area contributed by atoms with Gasteiger partial charge in [-0.3, -0.25) is 0 Å². The Labute approximate surface area is 58.4 Å². The molecule has 1 nitrogen and oxygen atoms in total. The molecule has 9 heavy (non-hydrogen) atoms. The normalized spacial score (nSPS) is 10.7. The summed E-state index contributed by atoms with van der Waals surface area (Å²) < 4.78 is 4.98. The summed E-state index contributed by atoms with van der Waals surface area (Å²) in [4.78, 5) is 0. The van der Waals surface area contributed by atoms with Crippen molar-refractivity contribution in [1.82, 2.24) is 0 Å². The minimum atomic E-state index is 0.880. The number of ether oxygens (including phenoxy) is 1. The molecule has 0 aliphatic rings. The first-order valence-electron chi connectivity index (χ1n) is 3.84. The first-order chi connectivity index (χ1) is 4.35. The fraction of sp³-hybridized carbons (Fsp3) is 1.00. The minimum absolute atomic E-state index is 0.880. The average Bonchev–Trinajstić information content (AvgIpc) is 1.91. The van der Waals surface area contributed by atoms with Gasteiger partial charge < -0.3 is 4.74 Å². The predicted octanol–water partition coefficient (Wildman–Crippen LogP) is 2.46. The molecule has 0 aliphatic heterocycles. The van der Waals surface area contributed by atoms with Crippen LogP contribution in [0, 0.1) is 5.92 Å². The molecular formula is C8H18O. The smallest absolute Gasteiger partial charge is 0.0464 e. The summed E-state index contributed by atoms with van der Waals surface area (Å²) in [5, 5.41) is 0. The van der Waals surface area contributed by atoms with Crippen molar-refractivity contribution in [3.63, 3.8) is 0 Å². The standard InChI is InChI=1S/C8H18O/c1-4-8(5-2)6-7-9-3/h8H,4-7H2,1-3H3. The lowest BCUT2D eigenvalue weighted by molar-refractivity contribution is 0.175. The monoisotopic (exact) mass is 130 g/mol. The van der Waals surface area contributed by atoms with Gasteiger partial charge in [0, 0.05) is 13.7 Å². The third kappa shape index (κ3) is 4.46. The van der Waals surface area contributed by atoms with Crippen molar-refractivity contribution in [2.75, 3.05) is 13.7 Å². The largest absolute Gasteiger partial charge is 0.385 e. The van der Waals surface area contributed by atoms with Gasteiger partial charge in [-0.05, 0) is 12.3 Å². The highest BCUT2D eigenvalue weighted by atomic mass is 16.5. The van der Waals surface area contributed by atoms with Crippen molar-refractivity contribution in [2.24, 2.45) is 5.92 Å². The Hall–Kier alpha value is -0.0400. The predicted molar refractivity (Wildman–Crippen MR) is 40.6 cm³/mol. The molecule has 0 unspecified atom stereocenters. The van der Waals surface area contributed by atoms with E-state index < -0.39 is 0 Å². The van der Waals surface area contributed by atoms with Gasteiger partial charge in [0.15, 0.2) is 0 Å². The number of hydrogen-bond acceptors (Lipinski definition) is 1. The third-order valence-corrected chi connectivity index (χ3v) is 1.88. The van der Waals surface area contributed by atoms with Crippen LogP contribution in [0.5, 0.6) is 0 Å². The molecule has 0 aromatic rings. The summed E-state index contributed by atoms with van der Waals surface area (Å²) in [6.07, 6.45) is 3.81. The number of methoxy groups -OCH3 is 1. The second kappa shape index (κ2) is 6.09. The zero-order valence-corrected chi connectivity index (χ0v) is 6.81. The Morgan fingerprint density at radius 1 is 1.22 bits per heavy atom. The van der Waals surface area contributed by atoms with Gasteiger partial charge in [0.05, 0.1) is 0 Å². The Morgan fingerprint density at radius 2 is 1.78 bits per heavy atom. The van der Waals surface area contributed by atoms with Crippen molar-refractivity contribution >= 4 is 0 Å². The van der Waals surface area contributed by atoms with Crippen LogP contribution in [0.25, 0.3) is 0 Å². The Balaban J connectivity index is 3.09. The molecular weight excluding hydrogens is 112 g/mol. The Bertz CT molecular complexity index is 48.5. The van der Waals surface area contributed by atoms with E-state index in [9.17, 15) is 0 Å². The van der Waals surface area contributed by atoms with Gasteiger partial charge in [-0.15, -0.1) is 0 Å². The van der Waals surface area contributed by atoms with Crippen LogP contribution in [-0.4, -0.2) is 13.7 Å². The summed E-state index contributed by atoms with van der Waals surface area (Å²) >= 11 is 0. The molecule has 0 amide bonds. The highest BCUT2D eigenvalue weighted by Crippen LogP contribution is 2.11. The van der Waals surface area contributed by atoms with E-state index in [1.54, 1.807) is 7.11 Å². The van der Waals surface area contributed by atoms with Gasteiger partial charge in [0.25, 0.3) is 0 Å². The Kier molecular flexibility index (Phi) is 6.06. The van der Waals surface area contributed by atoms with E-state index in [1.807, 2.05) is 0 Å². The van der Waals surface area contributed by atoms with Crippen LogP contribution in [0.3, 0.4) is 0 Å². The summed E-state index contributed by atoms with van der Waals surface area (Å²) in [6.45, 7) is 5.40. The van der Waals surface area contributed by atoms with Gasteiger partial charge in [0.2, 0.25) is 0 Å². The molecule has 0 bridgehead atoms. The molecule has 0 spiro atoms. The van der Waals surface area contributed by atoms with E-state index in [4.69, 9.17) is 4.74 Å². The van der Waals surface area contributed by atoms with Crippen LogP contribution < -0.4 is 0 Å². The zero-order valence-electron chi connectivity index (χ0n) is 6.81. The van der Waals surface area contributed by atoms with Gasteiger partial charge in [-0.2, -0.15) is 0 Å². The number of hydrogen-bond donors (Lipinski definition) is 0. The van der Waals surface area contributed by atoms with Gasteiger partial charge in [-0.25, -0.2) is 0 Å². The second-order valence-corrected chi connectivity index (χ2v) is 2.46. The molecule has 0 aromatic heterocycles. The highest BCUT2D eigenvalue weighted by Gasteiger charge is 2.00. The third-order valence-electron chi connectivity index (χ3n) is 1.88. The molecule has 0 aliphatic carbocycles. The van der Waals surface area contributed by atoms with Crippen LogP contribution in [0.2, 0.25) is 0 Å². The van der Waals surface area contributed by atoms with Crippen molar-refractivity contribution < 1.29 is 4.74 Å². The van der Waals surface area contributed by atoms with E-state index in [1.165, 1.54) is 19.3 Å². The van der Waals surface area contributed by atoms with Crippen molar-refractivity contribution in [1.29, 1.82) is 0 Å². The van der Waals surface area contributed by atoms with E-state index in [0.29, 0.717) is 0 Å². The first kappa shape index (κ1) is 8.96. The average molecular weight is 130 g/mol. The maximum atomic E-state index is 4.98. The topological polar surface area (TPSA) is 9.23 Å². The van der Waals surface area contributed by atoms with Crippen LogP contribution in [0.4, 0.5) is 0 Å². The molecule has 0 heterocycles. The van der Waals surface area contributed by atoms with Crippen LogP contribution >= 0.6 is 0 Å². The van der Waals surface area contributed by atoms with Crippen molar-refractivity contribution in [2.45, 2.75) is 33.1 Å². The molecule has 0 N–H and O–H groups in total. The lowest BCUT2D eigenvalue weighted by Gasteiger charge is -2.09. The van der Waals surface area contributed by atoms with Crippen LogP contribution in [0.1, 0.15) is 33.1 Å².